The predicted molar refractivity (Wildman–Crippen MR) is 127 cm³/mol. The van der Waals surface area contributed by atoms with Gasteiger partial charge in [-0.1, -0.05) is 5.16 Å². The molecule has 9 nitrogen and oxygen atoms in total. The van der Waals surface area contributed by atoms with Crippen molar-refractivity contribution in [3.8, 4) is 33.9 Å². The minimum absolute atomic E-state index is 0.0815. The molecule has 0 saturated carbocycles. The number of hydrogen-bond donors (Lipinski definition) is 2. The number of nitrogen functional groups attached to an aromatic ring is 1. The second kappa shape index (κ2) is 9.29. The van der Waals surface area contributed by atoms with E-state index in [9.17, 15) is 13.6 Å². The van der Waals surface area contributed by atoms with Gasteiger partial charge in [0.25, 0.3) is 5.91 Å². The molecule has 3 aromatic heterocycles. The number of pyridine rings is 1. The number of aryl methyl sites for hydroxylation is 1. The van der Waals surface area contributed by atoms with Gasteiger partial charge in [0.15, 0.2) is 11.6 Å². The minimum atomic E-state index is -0.718. The molecule has 180 valence electrons. The molecule has 1 amide bonds. The molecule has 0 aliphatic heterocycles. The highest BCUT2D eigenvalue weighted by Gasteiger charge is 2.18. The van der Waals surface area contributed by atoms with Crippen molar-refractivity contribution in [2.24, 2.45) is 7.05 Å². The lowest BCUT2D eigenvalue weighted by Crippen LogP contribution is -2.11. The molecule has 0 saturated heterocycles. The summed E-state index contributed by atoms with van der Waals surface area (Å²) in [4.78, 5) is 16.6. The summed E-state index contributed by atoms with van der Waals surface area (Å²) in [6.45, 7) is 0. The number of anilines is 2. The Labute approximate surface area is 203 Å². The zero-order chi connectivity index (χ0) is 25.2. The van der Waals surface area contributed by atoms with Crippen molar-refractivity contribution in [2.45, 2.75) is 0 Å². The number of nitrogens with two attached hydrogens (primary N) is 1. The lowest BCUT2D eigenvalue weighted by Gasteiger charge is -2.13. The van der Waals surface area contributed by atoms with Crippen molar-refractivity contribution >= 4 is 17.4 Å². The Hall–Kier alpha value is -5.06. The molecule has 0 unspecified atom stereocenters. The van der Waals surface area contributed by atoms with E-state index < -0.39 is 17.5 Å². The largest absolute Gasteiger partial charge is 0.453 e. The second-order valence-electron chi connectivity index (χ2n) is 7.76. The smallest absolute Gasteiger partial charge is 0.294 e. The van der Waals surface area contributed by atoms with Crippen LogP contribution in [-0.4, -0.2) is 25.8 Å². The van der Waals surface area contributed by atoms with Gasteiger partial charge in [0.2, 0.25) is 5.76 Å². The van der Waals surface area contributed by atoms with Crippen LogP contribution in [0.25, 0.3) is 22.4 Å². The van der Waals surface area contributed by atoms with E-state index in [2.05, 4.69) is 20.6 Å². The van der Waals surface area contributed by atoms with Crippen LogP contribution in [0.4, 0.5) is 20.3 Å². The molecule has 0 spiro atoms. The van der Waals surface area contributed by atoms with Crippen molar-refractivity contribution in [3.05, 3.63) is 90.6 Å². The van der Waals surface area contributed by atoms with Crippen LogP contribution in [0.3, 0.4) is 0 Å². The van der Waals surface area contributed by atoms with E-state index in [4.69, 9.17) is 15.0 Å². The molecule has 5 rings (SSSR count). The normalized spacial score (nSPS) is 10.9. The third kappa shape index (κ3) is 4.62. The summed E-state index contributed by atoms with van der Waals surface area (Å²) < 4.78 is 40.5. The van der Waals surface area contributed by atoms with Gasteiger partial charge in [0, 0.05) is 48.4 Å². The summed E-state index contributed by atoms with van der Waals surface area (Å²) in [6.07, 6.45) is 4.79. The maximum absolute atomic E-state index is 14.9. The minimum Gasteiger partial charge on any atom is -0.453 e. The second-order valence-corrected chi connectivity index (χ2v) is 7.76. The predicted octanol–water partition coefficient (Wildman–Crippen LogP) is 5.04. The molecule has 0 fully saturated rings. The Kier molecular flexibility index (Phi) is 5.87. The van der Waals surface area contributed by atoms with E-state index in [1.165, 1.54) is 48.7 Å². The first-order chi connectivity index (χ1) is 17.4. The molecule has 11 heteroatoms. The maximum Gasteiger partial charge on any atom is 0.294 e. The first kappa shape index (κ1) is 22.7. The zero-order valence-corrected chi connectivity index (χ0v) is 18.8. The van der Waals surface area contributed by atoms with Gasteiger partial charge in [-0.15, -0.1) is 0 Å². The molecule has 36 heavy (non-hydrogen) atoms. The van der Waals surface area contributed by atoms with Crippen molar-refractivity contribution in [2.75, 3.05) is 11.1 Å². The highest BCUT2D eigenvalue weighted by Crippen LogP contribution is 2.37. The SMILES string of the molecule is Cn1cc(-c2c(Oc3ccc(NC(=O)c4cc(-c5ccc(F)cc5)no4)cc3F)ccnc2N)cn1. The van der Waals surface area contributed by atoms with Gasteiger partial charge in [-0.25, -0.2) is 13.8 Å². The van der Waals surface area contributed by atoms with Crippen molar-refractivity contribution in [1.29, 1.82) is 0 Å². The standard InChI is InChI=1S/C25H18F2N6O3/c1-33-13-15(12-30-33)23-21(8-9-29-24(23)28)35-20-7-6-17(10-18(20)27)31-25(34)22-11-19(32-36-22)14-2-4-16(26)5-3-14/h2-13H,1H3,(H2,28,29)(H,31,34). The number of amides is 1. The third-order valence-electron chi connectivity index (χ3n) is 5.22. The van der Waals surface area contributed by atoms with Gasteiger partial charge in [-0.3, -0.25) is 9.48 Å². The molecule has 0 atom stereocenters. The number of carbonyl (C=O) groups is 1. The average molecular weight is 488 g/mol. The summed E-state index contributed by atoms with van der Waals surface area (Å²) in [7, 11) is 1.76. The number of nitrogens with one attached hydrogen (secondary N) is 1. The number of carbonyl (C=O) groups excluding carboxylic acids is 1. The number of rotatable bonds is 6. The van der Waals surface area contributed by atoms with Crippen molar-refractivity contribution in [3.63, 3.8) is 0 Å². The van der Waals surface area contributed by atoms with Gasteiger partial charge < -0.3 is 20.3 Å². The topological polar surface area (TPSA) is 121 Å². The zero-order valence-electron chi connectivity index (χ0n) is 18.8. The first-order valence-electron chi connectivity index (χ1n) is 10.6. The quantitative estimate of drug-likeness (QED) is 0.343. The van der Waals surface area contributed by atoms with E-state index >= 15 is 0 Å². The Balaban J connectivity index is 1.33. The monoisotopic (exact) mass is 488 g/mol. The fourth-order valence-corrected chi connectivity index (χ4v) is 3.50. The van der Waals surface area contributed by atoms with Gasteiger partial charge in [0.05, 0.1) is 11.8 Å². The molecule has 3 N–H and O–H groups in total. The van der Waals surface area contributed by atoms with Crippen LogP contribution in [0.1, 0.15) is 10.6 Å². The summed E-state index contributed by atoms with van der Waals surface area (Å²) >= 11 is 0. The Morgan fingerprint density at radius 2 is 1.86 bits per heavy atom. The molecular weight excluding hydrogens is 470 g/mol. The van der Waals surface area contributed by atoms with Crippen LogP contribution in [0, 0.1) is 11.6 Å². The number of aromatic nitrogens is 4. The fraction of sp³-hybridized carbons (Fsp3) is 0.0400. The van der Waals surface area contributed by atoms with Crippen LogP contribution in [0.15, 0.2) is 77.7 Å². The summed E-state index contributed by atoms with van der Waals surface area (Å²) in [5.74, 6) is -1.42. The molecule has 2 aromatic carbocycles. The Morgan fingerprint density at radius 1 is 1.06 bits per heavy atom. The molecule has 0 radical (unpaired) electrons. The number of ether oxygens (including phenoxy) is 1. The third-order valence-corrected chi connectivity index (χ3v) is 5.22. The summed E-state index contributed by atoms with van der Waals surface area (Å²) in [6, 6.07) is 12.5. The van der Waals surface area contributed by atoms with E-state index in [0.717, 1.165) is 6.07 Å². The van der Waals surface area contributed by atoms with Gasteiger partial charge in [-0.2, -0.15) is 5.10 Å². The Bertz CT molecular complexity index is 1560. The fourth-order valence-electron chi connectivity index (χ4n) is 3.50. The van der Waals surface area contributed by atoms with E-state index in [0.29, 0.717) is 28.1 Å². The van der Waals surface area contributed by atoms with Crippen molar-refractivity contribution in [1.82, 2.24) is 19.9 Å². The van der Waals surface area contributed by atoms with Gasteiger partial charge in [-0.05, 0) is 42.5 Å². The molecule has 0 aliphatic carbocycles. The maximum atomic E-state index is 14.9. The van der Waals surface area contributed by atoms with Crippen LogP contribution < -0.4 is 15.8 Å². The first-order valence-corrected chi connectivity index (χ1v) is 10.6. The molecular formula is C25H18F2N6O3. The average Bonchev–Trinajstić information content (AvgIpc) is 3.51. The highest BCUT2D eigenvalue weighted by molar-refractivity contribution is 6.02. The van der Waals surface area contributed by atoms with Gasteiger partial charge in [0.1, 0.15) is 23.1 Å². The molecule has 0 bridgehead atoms. The van der Waals surface area contributed by atoms with E-state index in [1.807, 2.05) is 0 Å². The van der Waals surface area contributed by atoms with E-state index in [-0.39, 0.29) is 23.0 Å². The van der Waals surface area contributed by atoms with Crippen LogP contribution in [0.2, 0.25) is 0 Å². The summed E-state index contributed by atoms with van der Waals surface area (Å²) in [5, 5.41) is 10.5. The number of hydrogen-bond acceptors (Lipinski definition) is 7. The molecule has 3 heterocycles. The van der Waals surface area contributed by atoms with Crippen LogP contribution >= 0.6 is 0 Å². The van der Waals surface area contributed by atoms with Gasteiger partial charge >= 0.3 is 0 Å². The van der Waals surface area contributed by atoms with E-state index in [1.54, 1.807) is 30.2 Å². The highest BCUT2D eigenvalue weighted by atomic mass is 19.1. The summed E-state index contributed by atoms with van der Waals surface area (Å²) in [5.41, 5.74) is 8.28. The van der Waals surface area contributed by atoms with Crippen molar-refractivity contribution < 1.29 is 22.8 Å². The number of nitrogens with zero attached hydrogens (tertiary/aromatic N) is 4. The molecule has 5 aromatic rings. The lowest BCUT2D eigenvalue weighted by atomic mass is 10.1. The Morgan fingerprint density at radius 3 is 2.58 bits per heavy atom. The van der Waals surface area contributed by atoms with Crippen LogP contribution in [-0.2, 0) is 7.05 Å². The number of benzene rings is 2. The van der Waals surface area contributed by atoms with Crippen LogP contribution in [0.5, 0.6) is 11.5 Å². The lowest BCUT2D eigenvalue weighted by molar-refractivity contribution is 0.0988. The number of halogens is 2. The molecule has 0 aliphatic rings.